The smallest absolute Gasteiger partial charge is 0.247 e. The first-order valence-corrected chi connectivity index (χ1v) is 7.98. The number of rotatable bonds is 6. The zero-order chi connectivity index (χ0) is 13.9. The Morgan fingerprint density at radius 2 is 2.17 bits per heavy atom. The van der Waals surface area contributed by atoms with Crippen LogP contribution in [0.25, 0.3) is 0 Å². The van der Waals surface area contributed by atoms with Crippen molar-refractivity contribution in [1.82, 2.24) is 9.62 Å². The molecule has 1 aromatic heterocycles. The van der Waals surface area contributed by atoms with Gasteiger partial charge in [0.05, 0.1) is 6.54 Å². The molecule has 18 heavy (non-hydrogen) atoms. The van der Waals surface area contributed by atoms with E-state index in [0.29, 0.717) is 12.3 Å². The monoisotopic (exact) mass is 338 g/mol. The highest BCUT2D eigenvalue weighted by Gasteiger charge is 2.29. The molecule has 0 saturated carbocycles. The summed E-state index contributed by atoms with van der Waals surface area (Å²) in [6.07, 6.45) is 0.759. The third-order valence-electron chi connectivity index (χ3n) is 2.93. The van der Waals surface area contributed by atoms with E-state index in [-0.39, 0.29) is 15.6 Å². The summed E-state index contributed by atoms with van der Waals surface area (Å²) in [7, 11) is -0.156. The van der Waals surface area contributed by atoms with E-state index in [4.69, 9.17) is 4.42 Å². The number of nitrogens with one attached hydrogen (secondary N) is 1. The van der Waals surface area contributed by atoms with Crippen LogP contribution in [0.2, 0.25) is 0 Å². The fourth-order valence-corrected chi connectivity index (χ4v) is 3.88. The number of nitrogens with zero attached hydrogens (tertiary/aromatic N) is 1. The van der Waals surface area contributed by atoms with E-state index in [0.717, 1.165) is 6.42 Å². The minimum Gasteiger partial charge on any atom is -0.452 e. The van der Waals surface area contributed by atoms with Gasteiger partial charge in [0.15, 0.2) is 4.67 Å². The fourth-order valence-electron chi connectivity index (χ4n) is 1.48. The third-order valence-corrected chi connectivity index (χ3v) is 5.75. The first-order valence-electron chi connectivity index (χ1n) is 5.75. The first-order chi connectivity index (χ1) is 8.34. The summed E-state index contributed by atoms with van der Waals surface area (Å²) < 4.78 is 31.7. The number of hydrogen-bond donors (Lipinski definition) is 1. The predicted octanol–water partition coefficient (Wildman–Crippen LogP) is 2.18. The van der Waals surface area contributed by atoms with Crippen LogP contribution in [0.4, 0.5) is 0 Å². The molecule has 0 bridgehead atoms. The molecule has 5 nitrogen and oxygen atoms in total. The Kier molecular flexibility index (Phi) is 5.39. The molecule has 1 rings (SSSR count). The molecule has 0 aliphatic heterocycles. The molecule has 1 N–H and O–H groups in total. The molecule has 0 aliphatic rings. The van der Waals surface area contributed by atoms with E-state index >= 15 is 0 Å². The standard InChI is InChI=1S/C11H19BrN2O3S/c1-5-8(2)14(4)18(15,16)10-6-9(7-13-3)17-11(10)12/h6,8,13H,5,7H2,1-4H3. The second kappa shape index (κ2) is 6.18. The van der Waals surface area contributed by atoms with Crippen LogP contribution in [-0.4, -0.2) is 32.9 Å². The molecule has 0 saturated heterocycles. The van der Waals surface area contributed by atoms with Crippen LogP contribution in [0.15, 0.2) is 20.0 Å². The van der Waals surface area contributed by atoms with Gasteiger partial charge in [0.2, 0.25) is 10.0 Å². The molecule has 104 valence electrons. The van der Waals surface area contributed by atoms with Gasteiger partial charge in [-0.2, -0.15) is 4.31 Å². The molecule has 1 unspecified atom stereocenters. The molecule has 1 atom stereocenters. The van der Waals surface area contributed by atoms with Crippen LogP contribution in [-0.2, 0) is 16.6 Å². The maximum Gasteiger partial charge on any atom is 0.247 e. The van der Waals surface area contributed by atoms with Gasteiger partial charge in [0, 0.05) is 19.2 Å². The van der Waals surface area contributed by atoms with Crippen molar-refractivity contribution in [3.63, 3.8) is 0 Å². The van der Waals surface area contributed by atoms with E-state index in [1.807, 2.05) is 13.8 Å². The highest BCUT2D eigenvalue weighted by molar-refractivity contribution is 9.10. The number of furan rings is 1. The second-order valence-corrected chi connectivity index (χ2v) is 6.85. The van der Waals surface area contributed by atoms with Crippen molar-refractivity contribution < 1.29 is 12.8 Å². The number of sulfonamides is 1. The van der Waals surface area contributed by atoms with Crippen molar-refractivity contribution in [2.24, 2.45) is 0 Å². The maximum absolute atomic E-state index is 12.4. The molecule has 7 heteroatoms. The molecule has 0 spiro atoms. The molecule has 0 aliphatic carbocycles. The molecule has 0 fully saturated rings. The van der Waals surface area contributed by atoms with Gasteiger partial charge in [-0.15, -0.1) is 0 Å². The Balaban J connectivity index is 3.12. The first kappa shape index (κ1) is 15.7. The Bertz CT molecular complexity index is 498. The van der Waals surface area contributed by atoms with Crippen molar-refractivity contribution in [1.29, 1.82) is 0 Å². The van der Waals surface area contributed by atoms with Gasteiger partial charge in [-0.3, -0.25) is 0 Å². The summed E-state index contributed by atoms with van der Waals surface area (Å²) in [5.41, 5.74) is 0. The van der Waals surface area contributed by atoms with Gasteiger partial charge in [-0.05, 0) is 36.3 Å². The average molecular weight is 339 g/mol. The Hall–Kier alpha value is -0.370. The van der Waals surface area contributed by atoms with Crippen molar-refractivity contribution in [3.05, 3.63) is 16.5 Å². The molecule has 0 radical (unpaired) electrons. The second-order valence-electron chi connectivity index (χ2n) is 4.16. The Labute approximate surface area is 117 Å². The topological polar surface area (TPSA) is 62.6 Å². The van der Waals surface area contributed by atoms with Gasteiger partial charge in [0.25, 0.3) is 0 Å². The lowest BCUT2D eigenvalue weighted by atomic mass is 10.3. The molecule has 0 aromatic carbocycles. The van der Waals surface area contributed by atoms with E-state index in [1.54, 1.807) is 20.2 Å². The molecular formula is C11H19BrN2O3S. The van der Waals surface area contributed by atoms with Crippen molar-refractivity contribution in [2.45, 2.75) is 37.8 Å². The lowest BCUT2D eigenvalue weighted by molar-refractivity contribution is 0.379. The van der Waals surface area contributed by atoms with Crippen LogP contribution in [0.3, 0.4) is 0 Å². The molecular weight excluding hydrogens is 320 g/mol. The van der Waals surface area contributed by atoms with Crippen LogP contribution >= 0.6 is 15.9 Å². The van der Waals surface area contributed by atoms with E-state index in [9.17, 15) is 8.42 Å². The van der Waals surface area contributed by atoms with Gasteiger partial charge < -0.3 is 9.73 Å². The van der Waals surface area contributed by atoms with Gasteiger partial charge >= 0.3 is 0 Å². The van der Waals surface area contributed by atoms with Crippen LogP contribution in [0, 0.1) is 0 Å². The highest BCUT2D eigenvalue weighted by atomic mass is 79.9. The zero-order valence-electron chi connectivity index (χ0n) is 11.0. The summed E-state index contributed by atoms with van der Waals surface area (Å²) in [6, 6.07) is 1.50. The third kappa shape index (κ3) is 3.14. The van der Waals surface area contributed by atoms with Crippen molar-refractivity contribution in [2.75, 3.05) is 14.1 Å². The minimum absolute atomic E-state index is 0.0513. The lowest BCUT2D eigenvalue weighted by Crippen LogP contribution is -2.34. The average Bonchev–Trinajstić information content (AvgIpc) is 2.69. The maximum atomic E-state index is 12.4. The summed E-state index contributed by atoms with van der Waals surface area (Å²) in [5, 5.41) is 2.92. The SMILES string of the molecule is CCC(C)N(C)S(=O)(=O)c1cc(CNC)oc1Br. The fraction of sp³-hybridized carbons (Fsp3) is 0.636. The summed E-state index contributed by atoms with van der Waals surface area (Å²) >= 11 is 3.16. The van der Waals surface area contributed by atoms with E-state index in [2.05, 4.69) is 21.2 Å². The molecule has 0 amide bonds. The summed E-state index contributed by atoms with van der Waals surface area (Å²) in [4.78, 5) is 0.176. The van der Waals surface area contributed by atoms with Crippen LogP contribution in [0.5, 0.6) is 0 Å². The van der Waals surface area contributed by atoms with Crippen molar-refractivity contribution >= 4 is 26.0 Å². The van der Waals surface area contributed by atoms with Gasteiger partial charge in [-0.1, -0.05) is 6.92 Å². The zero-order valence-corrected chi connectivity index (χ0v) is 13.4. The largest absolute Gasteiger partial charge is 0.452 e. The summed E-state index contributed by atoms with van der Waals surface area (Å²) in [5.74, 6) is 0.584. The van der Waals surface area contributed by atoms with E-state index in [1.165, 1.54) is 4.31 Å². The van der Waals surface area contributed by atoms with E-state index < -0.39 is 10.0 Å². The van der Waals surface area contributed by atoms with Crippen LogP contribution < -0.4 is 5.32 Å². The van der Waals surface area contributed by atoms with Gasteiger partial charge in [-0.25, -0.2) is 8.42 Å². The normalized spacial score (nSPS) is 14.1. The highest BCUT2D eigenvalue weighted by Crippen LogP contribution is 2.29. The molecule has 1 heterocycles. The number of halogens is 1. The molecule has 1 aromatic rings. The minimum atomic E-state index is -3.51. The summed E-state index contributed by atoms with van der Waals surface area (Å²) in [6.45, 7) is 4.31. The van der Waals surface area contributed by atoms with Crippen LogP contribution in [0.1, 0.15) is 26.0 Å². The Morgan fingerprint density at radius 3 is 2.67 bits per heavy atom. The Morgan fingerprint density at radius 1 is 1.56 bits per heavy atom. The quantitative estimate of drug-likeness (QED) is 0.863. The number of hydrogen-bond acceptors (Lipinski definition) is 4. The van der Waals surface area contributed by atoms with Crippen molar-refractivity contribution in [3.8, 4) is 0 Å². The predicted molar refractivity (Wildman–Crippen MR) is 73.9 cm³/mol. The van der Waals surface area contributed by atoms with Gasteiger partial charge in [0.1, 0.15) is 10.7 Å². The lowest BCUT2D eigenvalue weighted by Gasteiger charge is -2.22.